The number of amidine groups is 1. The van der Waals surface area contributed by atoms with Crippen LogP contribution in [0.5, 0.6) is 0 Å². The number of nitrogens with one attached hydrogen (secondary N) is 1. The monoisotopic (exact) mass is 300 g/mol. The van der Waals surface area contributed by atoms with E-state index in [0.29, 0.717) is 6.42 Å². The van der Waals surface area contributed by atoms with Crippen molar-refractivity contribution in [1.82, 2.24) is 0 Å². The molecule has 1 aromatic carbocycles. The van der Waals surface area contributed by atoms with Crippen LogP contribution in [-0.2, 0) is 16.0 Å². The lowest BCUT2D eigenvalue weighted by Gasteiger charge is -2.27. The number of ether oxygens (including phenoxy) is 1. The van der Waals surface area contributed by atoms with Crippen molar-refractivity contribution in [2.24, 2.45) is 11.7 Å². The lowest BCUT2D eigenvalue weighted by molar-refractivity contribution is -0.156. The first-order valence-corrected chi connectivity index (χ1v) is 7.84. The van der Waals surface area contributed by atoms with Crippen LogP contribution in [0.2, 0.25) is 0 Å². The van der Waals surface area contributed by atoms with Gasteiger partial charge in [-0.1, -0.05) is 30.3 Å². The van der Waals surface area contributed by atoms with E-state index in [1.807, 2.05) is 30.3 Å². The SMILES string of the molecule is C=C[C@H]1CC(=O)O[C@@H](CCCCc2ccc(C(=N)N)cc2)C1. The molecule has 0 radical (unpaired) electrons. The second-order valence-electron chi connectivity index (χ2n) is 5.90. The molecule has 1 heterocycles. The molecule has 0 amide bonds. The molecule has 4 nitrogen and oxygen atoms in total. The van der Waals surface area contributed by atoms with Crippen LogP contribution >= 0.6 is 0 Å². The maximum atomic E-state index is 11.5. The summed E-state index contributed by atoms with van der Waals surface area (Å²) in [4.78, 5) is 11.5. The average molecular weight is 300 g/mol. The minimum atomic E-state index is -0.0963. The summed E-state index contributed by atoms with van der Waals surface area (Å²) in [5, 5.41) is 7.37. The van der Waals surface area contributed by atoms with Gasteiger partial charge >= 0.3 is 5.97 Å². The van der Waals surface area contributed by atoms with Gasteiger partial charge in [-0.25, -0.2) is 0 Å². The van der Waals surface area contributed by atoms with Crippen molar-refractivity contribution in [2.45, 2.75) is 44.6 Å². The van der Waals surface area contributed by atoms with Crippen LogP contribution in [0.1, 0.15) is 43.2 Å². The summed E-state index contributed by atoms with van der Waals surface area (Å²) in [6.45, 7) is 3.78. The van der Waals surface area contributed by atoms with Crippen molar-refractivity contribution in [3.63, 3.8) is 0 Å². The van der Waals surface area contributed by atoms with E-state index in [4.69, 9.17) is 15.9 Å². The maximum Gasteiger partial charge on any atom is 0.306 e. The number of hydrogen-bond donors (Lipinski definition) is 2. The van der Waals surface area contributed by atoms with E-state index in [9.17, 15) is 4.79 Å². The molecule has 22 heavy (non-hydrogen) atoms. The number of unbranched alkanes of at least 4 members (excludes halogenated alkanes) is 1. The van der Waals surface area contributed by atoms with Crippen molar-refractivity contribution in [2.75, 3.05) is 0 Å². The molecular weight excluding hydrogens is 276 g/mol. The van der Waals surface area contributed by atoms with Crippen LogP contribution < -0.4 is 5.73 Å². The fourth-order valence-corrected chi connectivity index (χ4v) is 2.83. The van der Waals surface area contributed by atoms with Gasteiger partial charge in [0.1, 0.15) is 11.9 Å². The van der Waals surface area contributed by atoms with E-state index in [1.165, 1.54) is 5.56 Å². The highest BCUT2D eigenvalue weighted by Crippen LogP contribution is 2.25. The van der Waals surface area contributed by atoms with Crippen LogP contribution in [0.4, 0.5) is 0 Å². The van der Waals surface area contributed by atoms with Gasteiger partial charge in [-0.05, 0) is 43.6 Å². The second-order valence-corrected chi connectivity index (χ2v) is 5.90. The van der Waals surface area contributed by atoms with Gasteiger partial charge in [0.05, 0.1) is 6.42 Å². The van der Waals surface area contributed by atoms with Crippen molar-refractivity contribution in [3.8, 4) is 0 Å². The molecule has 0 saturated carbocycles. The topological polar surface area (TPSA) is 76.2 Å². The Morgan fingerprint density at radius 1 is 1.36 bits per heavy atom. The van der Waals surface area contributed by atoms with E-state index >= 15 is 0 Å². The molecule has 0 aliphatic carbocycles. The Morgan fingerprint density at radius 3 is 2.73 bits per heavy atom. The third-order valence-electron chi connectivity index (χ3n) is 4.13. The third-order valence-corrected chi connectivity index (χ3v) is 4.13. The number of nitrogen functional groups attached to an aromatic ring is 1. The molecule has 1 aliphatic heterocycles. The van der Waals surface area contributed by atoms with E-state index in [1.54, 1.807) is 0 Å². The van der Waals surface area contributed by atoms with Crippen LogP contribution in [0.15, 0.2) is 36.9 Å². The summed E-state index contributed by atoms with van der Waals surface area (Å²) < 4.78 is 5.39. The van der Waals surface area contributed by atoms with E-state index in [-0.39, 0.29) is 23.8 Å². The normalized spacial score (nSPS) is 21.2. The fourth-order valence-electron chi connectivity index (χ4n) is 2.83. The Kier molecular flexibility index (Phi) is 5.75. The number of cyclic esters (lactones) is 1. The van der Waals surface area contributed by atoms with Crippen molar-refractivity contribution in [1.29, 1.82) is 5.41 Å². The smallest absolute Gasteiger partial charge is 0.306 e. The van der Waals surface area contributed by atoms with Crippen molar-refractivity contribution >= 4 is 11.8 Å². The molecular formula is C18H24N2O2. The average Bonchev–Trinajstić information content (AvgIpc) is 2.51. The number of aryl methyl sites for hydroxylation is 1. The second kappa shape index (κ2) is 7.78. The number of carbonyl (C=O) groups excluding carboxylic acids is 1. The largest absolute Gasteiger partial charge is 0.462 e. The standard InChI is InChI=1S/C18H24N2O2/c1-2-13-11-16(22-17(21)12-13)6-4-3-5-14-7-9-15(10-8-14)18(19)20/h2,7-10,13,16H,1,3-6,11-12H2,(H3,19,20)/t13-,16+/m1/s1. The molecule has 4 heteroatoms. The Labute approximate surface area is 131 Å². The van der Waals surface area contributed by atoms with Gasteiger partial charge in [0.25, 0.3) is 0 Å². The molecule has 0 unspecified atom stereocenters. The molecule has 118 valence electrons. The highest BCUT2D eigenvalue weighted by Gasteiger charge is 2.26. The minimum absolute atomic E-state index is 0.0457. The summed E-state index contributed by atoms with van der Waals surface area (Å²) in [6, 6.07) is 7.81. The van der Waals surface area contributed by atoms with Crippen LogP contribution in [-0.4, -0.2) is 17.9 Å². The number of benzene rings is 1. The highest BCUT2D eigenvalue weighted by molar-refractivity contribution is 5.94. The van der Waals surface area contributed by atoms with Crippen LogP contribution in [0.25, 0.3) is 0 Å². The summed E-state index contributed by atoms with van der Waals surface area (Å²) in [5.74, 6) is 0.272. The number of carbonyl (C=O) groups is 1. The zero-order valence-electron chi connectivity index (χ0n) is 12.9. The Bertz CT molecular complexity index is 537. The van der Waals surface area contributed by atoms with Gasteiger partial charge in [-0.15, -0.1) is 6.58 Å². The van der Waals surface area contributed by atoms with Gasteiger partial charge in [0.15, 0.2) is 0 Å². The Balaban J connectivity index is 1.71. The number of hydrogen-bond acceptors (Lipinski definition) is 3. The van der Waals surface area contributed by atoms with Crippen LogP contribution in [0, 0.1) is 11.3 Å². The molecule has 0 bridgehead atoms. The maximum absolute atomic E-state index is 11.5. The number of esters is 1. The molecule has 2 atom stereocenters. The van der Waals surface area contributed by atoms with Gasteiger partial charge in [0.2, 0.25) is 0 Å². The van der Waals surface area contributed by atoms with Gasteiger partial charge in [-0.3, -0.25) is 10.2 Å². The Hall–Kier alpha value is -2.10. The summed E-state index contributed by atoms with van der Waals surface area (Å²) in [7, 11) is 0. The van der Waals surface area contributed by atoms with Gasteiger partial charge in [0, 0.05) is 5.56 Å². The highest BCUT2D eigenvalue weighted by atomic mass is 16.5. The molecule has 1 saturated heterocycles. The number of nitrogens with two attached hydrogens (primary N) is 1. The third kappa shape index (κ3) is 4.72. The number of allylic oxidation sites excluding steroid dienone is 1. The van der Waals surface area contributed by atoms with E-state index in [0.717, 1.165) is 37.7 Å². The zero-order valence-corrected chi connectivity index (χ0v) is 12.9. The minimum Gasteiger partial charge on any atom is -0.462 e. The molecule has 1 aromatic rings. The predicted molar refractivity (Wildman–Crippen MR) is 87.8 cm³/mol. The van der Waals surface area contributed by atoms with Crippen molar-refractivity contribution in [3.05, 3.63) is 48.0 Å². The van der Waals surface area contributed by atoms with E-state index in [2.05, 4.69) is 6.58 Å². The van der Waals surface area contributed by atoms with E-state index < -0.39 is 0 Å². The zero-order chi connectivity index (χ0) is 15.9. The van der Waals surface area contributed by atoms with Gasteiger partial charge < -0.3 is 10.5 Å². The first-order valence-electron chi connectivity index (χ1n) is 7.84. The Morgan fingerprint density at radius 2 is 2.09 bits per heavy atom. The molecule has 3 N–H and O–H groups in total. The lowest BCUT2D eigenvalue weighted by Crippen LogP contribution is -2.28. The van der Waals surface area contributed by atoms with Crippen molar-refractivity contribution < 1.29 is 9.53 Å². The van der Waals surface area contributed by atoms with Gasteiger partial charge in [-0.2, -0.15) is 0 Å². The number of rotatable bonds is 7. The predicted octanol–water partition coefficient (Wildman–Crippen LogP) is 3.19. The van der Waals surface area contributed by atoms with Crippen LogP contribution in [0.3, 0.4) is 0 Å². The fraction of sp³-hybridized carbons (Fsp3) is 0.444. The first kappa shape index (κ1) is 16.3. The molecule has 0 aromatic heterocycles. The summed E-state index contributed by atoms with van der Waals surface area (Å²) in [5.41, 5.74) is 7.44. The summed E-state index contributed by atoms with van der Waals surface area (Å²) in [6.07, 6.45) is 7.30. The molecule has 0 spiro atoms. The molecule has 2 rings (SSSR count). The lowest BCUT2D eigenvalue weighted by atomic mass is 9.92. The molecule has 1 fully saturated rings. The quantitative estimate of drug-likeness (QED) is 0.267. The summed E-state index contributed by atoms with van der Waals surface area (Å²) >= 11 is 0. The first-order chi connectivity index (χ1) is 10.6. The molecule has 1 aliphatic rings.